The van der Waals surface area contributed by atoms with Gasteiger partial charge in [0.1, 0.15) is 11.9 Å². The number of hydrogen-bond acceptors (Lipinski definition) is 5. The van der Waals surface area contributed by atoms with E-state index in [0.29, 0.717) is 17.2 Å². The van der Waals surface area contributed by atoms with Crippen molar-refractivity contribution in [2.24, 2.45) is 0 Å². The summed E-state index contributed by atoms with van der Waals surface area (Å²) in [6.07, 6.45) is 4.44. The molecule has 2 aliphatic rings. The van der Waals surface area contributed by atoms with Gasteiger partial charge in [0.2, 0.25) is 5.88 Å². The number of likely N-dealkylation sites (tertiary alicyclic amines) is 1. The van der Waals surface area contributed by atoms with Gasteiger partial charge >= 0.3 is 0 Å². The summed E-state index contributed by atoms with van der Waals surface area (Å²) in [4.78, 5) is 18.5. The van der Waals surface area contributed by atoms with Crippen LogP contribution in [0.4, 0.5) is 0 Å². The topological polar surface area (TPSA) is 55.6 Å². The molecule has 0 saturated carbocycles. The lowest BCUT2D eigenvalue weighted by Gasteiger charge is -2.47. The smallest absolute Gasteiger partial charge is 0.257 e. The van der Waals surface area contributed by atoms with Crippen molar-refractivity contribution in [2.45, 2.75) is 24.2 Å². The number of aromatic nitrogens is 1. The predicted octanol–water partition coefficient (Wildman–Crippen LogP) is 2.76. The Labute approximate surface area is 139 Å². The number of aryl methyl sites for hydroxylation is 1. The van der Waals surface area contributed by atoms with E-state index in [1.54, 1.807) is 18.5 Å². The maximum atomic E-state index is 12.4. The Hall–Kier alpha value is -1.95. The van der Waals surface area contributed by atoms with Crippen LogP contribution in [0.2, 0.25) is 0 Å². The van der Waals surface area contributed by atoms with Crippen molar-refractivity contribution in [1.29, 1.82) is 0 Å². The van der Waals surface area contributed by atoms with E-state index in [0.717, 1.165) is 25.3 Å². The van der Waals surface area contributed by atoms with Crippen molar-refractivity contribution in [3.05, 3.63) is 48.0 Å². The van der Waals surface area contributed by atoms with E-state index in [2.05, 4.69) is 4.98 Å². The molecule has 4 heterocycles. The fourth-order valence-corrected chi connectivity index (χ4v) is 4.78. The number of amides is 1. The second kappa shape index (κ2) is 5.60. The number of rotatable bonds is 3. The fourth-order valence-electron chi connectivity index (χ4n) is 3.26. The van der Waals surface area contributed by atoms with Crippen LogP contribution in [0.3, 0.4) is 0 Å². The molecule has 2 aromatic heterocycles. The Kier molecular flexibility index (Phi) is 3.56. The van der Waals surface area contributed by atoms with E-state index >= 15 is 0 Å². The number of carbonyl (C=O) groups is 1. The van der Waals surface area contributed by atoms with Crippen molar-refractivity contribution in [3.8, 4) is 5.88 Å². The normalized spacial score (nSPS) is 22.1. The van der Waals surface area contributed by atoms with Crippen molar-refractivity contribution in [3.63, 3.8) is 0 Å². The molecule has 1 amide bonds. The molecular formula is C17H18N2O3S. The molecule has 23 heavy (non-hydrogen) atoms. The number of thioether (sulfide) groups is 1. The average molecular weight is 330 g/mol. The van der Waals surface area contributed by atoms with E-state index in [9.17, 15) is 4.79 Å². The molecule has 1 spiro atoms. The van der Waals surface area contributed by atoms with Crippen LogP contribution >= 0.6 is 11.8 Å². The molecule has 6 heteroatoms. The monoisotopic (exact) mass is 330 g/mol. The molecule has 2 aromatic rings. The van der Waals surface area contributed by atoms with E-state index < -0.39 is 0 Å². The lowest BCUT2D eigenvalue weighted by atomic mass is 9.92. The summed E-state index contributed by atoms with van der Waals surface area (Å²) >= 11 is 1.91. The summed E-state index contributed by atoms with van der Waals surface area (Å²) in [7, 11) is 0. The molecule has 0 aromatic carbocycles. The maximum absolute atomic E-state index is 12.4. The quantitative estimate of drug-likeness (QED) is 0.866. The van der Waals surface area contributed by atoms with E-state index in [-0.39, 0.29) is 16.8 Å². The van der Waals surface area contributed by atoms with Crippen molar-refractivity contribution < 1.29 is 13.9 Å². The van der Waals surface area contributed by atoms with E-state index in [1.165, 1.54) is 0 Å². The van der Waals surface area contributed by atoms with Gasteiger partial charge in [-0.25, -0.2) is 4.98 Å². The first-order chi connectivity index (χ1) is 11.2. The molecule has 4 rings (SSSR count). The first-order valence-corrected chi connectivity index (χ1v) is 8.69. The van der Waals surface area contributed by atoms with Gasteiger partial charge in [-0.2, -0.15) is 0 Å². The molecule has 1 unspecified atom stereocenters. The Morgan fingerprint density at radius 1 is 1.43 bits per heavy atom. The highest BCUT2D eigenvalue weighted by Gasteiger charge is 2.51. The molecule has 0 bridgehead atoms. The molecule has 0 radical (unpaired) electrons. The lowest BCUT2D eigenvalue weighted by molar-refractivity contribution is 0.0514. The highest BCUT2D eigenvalue weighted by molar-refractivity contribution is 8.01. The van der Waals surface area contributed by atoms with Crippen LogP contribution < -0.4 is 4.74 Å². The van der Waals surface area contributed by atoms with Crippen LogP contribution in [0.25, 0.3) is 0 Å². The van der Waals surface area contributed by atoms with Crippen LogP contribution in [0, 0.1) is 6.92 Å². The van der Waals surface area contributed by atoms with Gasteiger partial charge in [0.05, 0.1) is 16.6 Å². The maximum Gasteiger partial charge on any atom is 0.257 e. The molecule has 2 fully saturated rings. The van der Waals surface area contributed by atoms with Crippen LogP contribution in [-0.2, 0) is 0 Å². The van der Waals surface area contributed by atoms with Gasteiger partial charge in [-0.05, 0) is 19.1 Å². The summed E-state index contributed by atoms with van der Waals surface area (Å²) in [5, 5.41) is 0. The predicted molar refractivity (Wildman–Crippen MR) is 87.8 cm³/mol. The van der Waals surface area contributed by atoms with Crippen LogP contribution in [0.5, 0.6) is 5.88 Å². The largest absolute Gasteiger partial charge is 0.473 e. The zero-order chi connectivity index (χ0) is 15.9. The number of furan rings is 1. The molecule has 2 aliphatic heterocycles. The summed E-state index contributed by atoms with van der Waals surface area (Å²) in [6.45, 7) is 3.39. The molecule has 120 valence electrons. The van der Waals surface area contributed by atoms with Gasteiger partial charge in [0, 0.05) is 37.5 Å². The van der Waals surface area contributed by atoms with Crippen molar-refractivity contribution in [2.75, 3.05) is 18.8 Å². The third-order valence-corrected chi connectivity index (χ3v) is 6.01. The summed E-state index contributed by atoms with van der Waals surface area (Å²) in [6, 6.07) is 7.44. The summed E-state index contributed by atoms with van der Waals surface area (Å²) < 4.78 is 11.3. The second-order valence-corrected chi connectivity index (χ2v) is 7.65. The van der Waals surface area contributed by atoms with Crippen molar-refractivity contribution >= 4 is 17.7 Å². The minimum absolute atomic E-state index is 0.0663. The molecule has 5 nitrogen and oxygen atoms in total. The molecule has 0 aliphatic carbocycles. The zero-order valence-corrected chi connectivity index (χ0v) is 13.7. The SMILES string of the molecule is Cc1occc1C(=O)N1CC2(CC(Oc3ccccn3)CS2)C1. The average Bonchev–Trinajstić information content (AvgIpc) is 3.13. The van der Waals surface area contributed by atoms with Gasteiger partial charge in [-0.15, -0.1) is 11.8 Å². The third-order valence-electron chi connectivity index (χ3n) is 4.43. The highest BCUT2D eigenvalue weighted by atomic mass is 32.2. The number of hydrogen-bond donors (Lipinski definition) is 0. The zero-order valence-electron chi connectivity index (χ0n) is 12.9. The van der Waals surface area contributed by atoms with Gasteiger partial charge in [0.25, 0.3) is 5.91 Å². The van der Waals surface area contributed by atoms with E-state index in [1.807, 2.05) is 41.8 Å². The molecule has 0 N–H and O–H groups in total. The molecular weight excluding hydrogens is 312 g/mol. The second-order valence-electron chi connectivity index (χ2n) is 6.16. The third kappa shape index (κ3) is 2.72. The van der Waals surface area contributed by atoms with Gasteiger partial charge in [0.15, 0.2) is 0 Å². The number of nitrogens with zero attached hydrogens (tertiary/aromatic N) is 2. The Balaban J connectivity index is 1.35. The molecule has 2 saturated heterocycles. The standard InChI is InChI=1S/C17H18N2O3S/c1-12-14(5-7-21-12)16(20)19-10-17(11-19)8-13(9-23-17)22-15-4-2-3-6-18-15/h2-7,13H,8-11H2,1H3. The Morgan fingerprint density at radius 2 is 2.30 bits per heavy atom. The van der Waals surface area contributed by atoms with E-state index in [4.69, 9.17) is 9.15 Å². The number of pyridine rings is 1. The van der Waals surface area contributed by atoms with Crippen LogP contribution in [0.1, 0.15) is 22.5 Å². The first kappa shape index (κ1) is 14.6. The van der Waals surface area contributed by atoms with Crippen LogP contribution in [-0.4, -0.2) is 45.5 Å². The summed E-state index contributed by atoms with van der Waals surface area (Å²) in [5.74, 6) is 2.38. The number of carbonyl (C=O) groups excluding carboxylic acids is 1. The Bertz CT molecular complexity index is 710. The molecule has 1 atom stereocenters. The van der Waals surface area contributed by atoms with Gasteiger partial charge in [-0.3, -0.25) is 4.79 Å². The number of ether oxygens (including phenoxy) is 1. The van der Waals surface area contributed by atoms with Crippen LogP contribution in [0.15, 0.2) is 41.1 Å². The van der Waals surface area contributed by atoms with Gasteiger partial charge in [-0.1, -0.05) is 6.07 Å². The summed E-state index contributed by atoms with van der Waals surface area (Å²) in [5.41, 5.74) is 0.670. The lowest BCUT2D eigenvalue weighted by Crippen LogP contribution is -2.60. The minimum atomic E-state index is 0.0663. The fraction of sp³-hybridized carbons (Fsp3) is 0.412. The highest BCUT2D eigenvalue weighted by Crippen LogP contribution is 2.46. The first-order valence-electron chi connectivity index (χ1n) is 7.70. The van der Waals surface area contributed by atoms with Crippen molar-refractivity contribution in [1.82, 2.24) is 9.88 Å². The Morgan fingerprint density at radius 3 is 3.00 bits per heavy atom. The minimum Gasteiger partial charge on any atom is -0.473 e. The van der Waals surface area contributed by atoms with Gasteiger partial charge < -0.3 is 14.1 Å².